The van der Waals surface area contributed by atoms with Crippen LogP contribution in [-0.2, 0) is 24.7 Å². The molecule has 4 aromatic carbocycles. The molecule has 1 heterocycles. The Labute approximate surface area is 241 Å². The van der Waals surface area contributed by atoms with Gasteiger partial charge in [-0.2, -0.15) is 13.2 Å². The molecule has 0 radical (unpaired) electrons. The molecule has 5 rings (SSSR count). The first-order valence-electron chi connectivity index (χ1n) is 13.2. The third-order valence-electron chi connectivity index (χ3n) is 7.45. The van der Waals surface area contributed by atoms with Crippen LogP contribution in [0.5, 0.6) is 5.75 Å². The summed E-state index contributed by atoms with van der Waals surface area (Å²) in [5.74, 6) is -1.86. The van der Waals surface area contributed by atoms with Crippen LogP contribution in [0.1, 0.15) is 40.4 Å². The number of alkyl halides is 3. The van der Waals surface area contributed by atoms with E-state index in [-0.39, 0.29) is 5.56 Å². The van der Waals surface area contributed by atoms with Crippen molar-refractivity contribution in [3.8, 4) is 5.75 Å². The number of cyclic esters (lactones) is 1. The first kappa shape index (κ1) is 28.9. The molecule has 4 atom stereocenters. The molecule has 6 nitrogen and oxygen atoms in total. The van der Waals surface area contributed by atoms with Gasteiger partial charge < -0.3 is 19.1 Å². The van der Waals surface area contributed by atoms with Crippen molar-refractivity contribution in [3.05, 3.63) is 138 Å². The van der Waals surface area contributed by atoms with Gasteiger partial charge in [0.2, 0.25) is 0 Å². The van der Waals surface area contributed by atoms with Crippen LogP contribution >= 0.6 is 0 Å². The summed E-state index contributed by atoms with van der Waals surface area (Å²) < 4.78 is 62.1. The Bertz CT molecular complexity index is 1510. The average molecular weight is 576 g/mol. The number of halogens is 3. The second kappa shape index (κ2) is 11.7. The van der Waals surface area contributed by atoms with E-state index in [1.54, 1.807) is 78.9 Å². The third-order valence-corrected chi connectivity index (χ3v) is 7.45. The zero-order chi connectivity index (χ0) is 29.9. The van der Waals surface area contributed by atoms with Gasteiger partial charge in [0.1, 0.15) is 5.75 Å². The lowest BCUT2D eigenvalue weighted by Crippen LogP contribution is -2.61. The minimum atomic E-state index is -5.20. The highest BCUT2D eigenvalue weighted by molar-refractivity contribution is 5.93. The van der Waals surface area contributed by atoms with E-state index in [1.165, 1.54) is 43.5 Å². The fourth-order valence-corrected chi connectivity index (χ4v) is 5.46. The van der Waals surface area contributed by atoms with Crippen molar-refractivity contribution in [2.45, 2.75) is 30.0 Å². The van der Waals surface area contributed by atoms with Crippen molar-refractivity contribution >= 4 is 11.9 Å². The van der Waals surface area contributed by atoms with Crippen LogP contribution in [0.25, 0.3) is 0 Å². The molecule has 1 fully saturated rings. The van der Waals surface area contributed by atoms with Gasteiger partial charge in [-0.3, -0.25) is 4.79 Å². The number of rotatable bonds is 7. The molecule has 1 aliphatic heterocycles. The highest BCUT2D eigenvalue weighted by Crippen LogP contribution is 2.52. The number of esters is 1. The largest absolute Gasteiger partial charge is 0.497 e. The number of benzene rings is 4. The highest BCUT2D eigenvalue weighted by atomic mass is 19.4. The van der Waals surface area contributed by atoms with Crippen LogP contribution in [-0.4, -0.2) is 37.2 Å². The van der Waals surface area contributed by atoms with Crippen molar-refractivity contribution in [1.82, 2.24) is 4.90 Å². The monoisotopic (exact) mass is 575 g/mol. The molecule has 1 saturated heterocycles. The maximum absolute atomic E-state index is 15.2. The van der Waals surface area contributed by atoms with E-state index in [0.717, 1.165) is 12.0 Å². The zero-order valence-corrected chi connectivity index (χ0v) is 22.8. The molecule has 4 aromatic rings. The number of hydrogen-bond acceptors (Lipinski definition) is 5. The molecule has 0 saturated carbocycles. The lowest BCUT2D eigenvalue weighted by molar-refractivity contribution is -0.275. The van der Waals surface area contributed by atoms with Gasteiger partial charge in [0.05, 0.1) is 13.2 Å². The van der Waals surface area contributed by atoms with E-state index < -0.39 is 47.4 Å². The van der Waals surface area contributed by atoms with Gasteiger partial charge >= 0.3 is 12.1 Å². The zero-order valence-electron chi connectivity index (χ0n) is 22.8. The Kier molecular flexibility index (Phi) is 8.04. The minimum absolute atomic E-state index is 0.252. The van der Waals surface area contributed by atoms with Crippen LogP contribution in [0, 0.1) is 0 Å². The number of amides is 1. The van der Waals surface area contributed by atoms with Gasteiger partial charge in [-0.1, -0.05) is 103 Å². The lowest BCUT2D eigenvalue weighted by atomic mass is 9.84. The molecule has 1 aliphatic rings. The van der Waals surface area contributed by atoms with E-state index >= 15 is 13.2 Å². The first-order valence-corrected chi connectivity index (χ1v) is 13.2. The van der Waals surface area contributed by atoms with Crippen molar-refractivity contribution in [3.63, 3.8) is 0 Å². The maximum Gasteiger partial charge on any atom is 0.430 e. The second-order valence-electron chi connectivity index (χ2n) is 9.76. The predicted octanol–water partition coefficient (Wildman–Crippen LogP) is 6.71. The maximum atomic E-state index is 15.2. The van der Waals surface area contributed by atoms with E-state index in [2.05, 4.69) is 0 Å². The van der Waals surface area contributed by atoms with Gasteiger partial charge in [-0.25, -0.2) is 4.79 Å². The SMILES string of the molecule is COc1ccc([C@@H]2C(=O)O[C@H](c3ccccc3)[C@H](c3ccccc3)N2C(=O)C(OC)(c2ccccc2)C(F)(F)F)cc1. The first-order chi connectivity index (χ1) is 20.2. The van der Waals surface area contributed by atoms with Gasteiger partial charge in [0, 0.05) is 12.7 Å². The number of nitrogens with zero attached hydrogens (tertiary/aromatic N) is 1. The van der Waals surface area contributed by atoms with Crippen molar-refractivity contribution in [1.29, 1.82) is 0 Å². The van der Waals surface area contributed by atoms with Gasteiger partial charge in [0.25, 0.3) is 11.5 Å². The summed E-state index contributed by atoms with van der Waals surface area (Å²) in [6, 6.07) is 27.4. The smallest absolute Gasteiger partial charge is 0.430 e. The second-order valence-corrected chi connectivity index (χ2v) is 9.76. The van der Waals surface area contributed by atoms with Crippen molar-refractivity contribution in [2.24, 2.45) is 0 Å². The minimum Gasteiger partial charge on any atom is -0.497 e. The molecule has 0 aromatic heterocycles. The third kappa shape index (κ3) is 5.00. The van der Waals surface area contributed by atoms with E-state index in [0.29, 0.717) is 16.9 Å². The van der Waals surface area contributed by atoms with E-state index in [9.17, 15) is 9.59 Å². The Balaban J connectivity index is 1.80. The van der Waals surface area contributed by atoms with E-state index in [4.69, 9.17) is 14.2 Å². The molecule has 9 heteroatoms. The van der Waals surface area contributed by atoms with Crippen molar-refractivity contribution in [2.75, 3.05) is 14.2 Å². The van der Waals surface area contributed by atoms with Gasteiger partial charge in [-0.05, 0) is 28.8 Å². The summed E-state index contributed by atoms with van der Waals surface area (Å²) in [5.41, 5.74) is -2.60. The topological polar surface area (TPSA) is 65.1 Å². The fourth-order valence-electron chi connectivity index (χ4n) is 5.46. The summed E-state index contributed by atoms with van der Waals surface area (Å²) in [5, 5.41) is 0. The molecule has 1 unspecified atom stereocenters. The van der Waals surface area contributed by atoms with Crippen LogP contribution in [0.15, 0.2) is 115 Å². The number of carbonyl (C=O) groups excluding carboxylic acids is 2. The Morgan fingerprint density at radius 1 is 0.738 bits per heavy atom. The van der Waals surface area contributed by atoms with Crippen LogP contribution in [0.3, 0.4) is 0 Å². The average Bonchev–Trinajstić information content (AvgIpc) is 3.02. The normalized spacial score (nSPS) is 20.4. The molecule has 0 spiro atoms. The highest BCUT2D eigenvalue weighted by Gasteiger charge is 2.66. The van der Waals surface area contributed by atoms with Crippen LogP contribution < -0.4 is 4.74 Å². The summed E-state index contributed by atoms with van der Waals surface area (Å²) in [6.07, 6.45) is -6.31. The number of carbonyl (C=O) groups is 2. The van der Waals surface area contributed by atoms with Gasteiger partial charge in [0.15, 0.2) is 12.1 Å². The van der Waals surface area contributed by atoms with Crippen LogP contribution in [0.4, 0.5) is 13.2 Å². The standard InChI is InChI=1S/C33H28F3NO5/c1-40-26-20-18-23(19-21-26)28-30(38)42-29(24-14-8-4-9-15-24)27(22-12-6-3-7-13-22)37(28)31(39)32(41-2,33(34,35)36)25-16-10-5-11-17-25/h3-21,27-29H,1-2H3/t27-,28+,29+,32?/m0/s1. The Hall–Kier alpha value is -4.63. The molecule has 42 heavy (non-hydrogen) atoms. The molecule has 216 valence electrons. The number of morpholine rings is 1. The molecule has 0 N–H and O–H groups in total. The molecular weight excluding hydrogens is 547 g/mol. The Morgan fingerprint density at radius 2 is 1.26 bits per heavy atom. The van der Waals surface area contributed by atoms with Crippen molar-refractivity contribution < 1.29 is 37.0 Å². The van der Waals surface area contributed by atoms with Crippen LogP contribution in [0.2, 0.25) is 0 Å². The summed E-state index contributed by atoms with van der Waals surface area (Å²) in [6.45, 7) is 0. The molecular formula is C33H28F3NO5. The summed E-state index contributed by atoms with van der Waals surface area (Å²) in [7, 11) is 2.31. The molecule has 0 bridgehead atoms. The number of ether oxygens (including phenoxy) is 3. The van der Waals surface area contributed by atoms with E-state index in [1.807, 2.05) is 0 Å². The summed E-state index contributed by atoms with van der Waals surface area (Å²) in [4.78, 5) is 29.6. The summed E-state index contributed by atoms with van der Waals surface area (Å²) >= 11 is 0. The number of hydrogen-bond donors (Lipinski definition) is 0. The quantitative estimate of drug-likeness (QED) is 0.229. The molecule has 1 amide bonds. The lowest BCUT2D eigenvalue weighted by Gasteiger charge is -2.48. The Morgan fingerprint density at radius 3 is 1.76 bits per heavy atom. The number of methoxy groups -OCH3 is 2. The predicted molar refractivity (Wildman–Crippen MR) is 148 cm³/mol. The van der Waals surface area contributed by atoms with Gasteiger partial charge in [-0.15, -0.1) is 0 Å². The molecule has 0 aliphatic carbocycles. The fraction of sp³-hybridized carbons (Fsp3) is 0.212.